The molecule has 0 aromatic carbocycles. The first-order chi connectivity index (χ1) is 7.16. The molecular formula is C10H20IN3OS. The van der Waals surface area contributed by atoms with E-state index in [-0.39, 0.29) is 28.7 Å². The maximum atomic E-state index is 11.5. The van der Waals surface area contributed by atoms with E-state index >= 15 is 0 Å². The molecular weight excluding hydrogens is 337 g/mol. The lowest BCUT2D eigenvalue weighted by Gasteiger charge is -2.16. The van der Waals surface area contributed by atoms with Gasteiger partial charge in [-0.2, -0.15) is 0 Å². The van der Waals surface area contributed by atoms with Crippen molar-refractivity contribution in [3.05, 3.63) is 0 Å². The van der Waals surface area contributed by atoms with E-state index in [4.69, 9.17) is 0 Å². The van der Waals surface area contributed by atoms with E-state index in [1.54, 1.807) is 13.3 Å². The Kier molecular flexibility index (Phi) is 5.03. The van der Waals surface area contributed by atoms with Gasteiger partial charge in [-0.25, -0.2) is 0 Å². The Balaban J connectivity index is 0.00000128. The molecule has 2 N–H and O–H groups in total. The van der Waals surface area contributed by atoms with E-state index in [0.29, 0.717) is 6.04 Å². The summed E-state index contributed by atoms with van der Waals surface area (Å²) in [4.78, 5) is 4.15. The van der Waals surface area contributed by atoms with Crippen LogP contribution in [-0.4, -0.2) is 40.8 Å². The fraction of sp³-hybridized carbons (Fsp3) is 0.900. The molecule has 0 aliphatic heterocycles. The predicted molar refractivity (Wildman–Crippen MR) is 79.0 cm³/mol. The summed E-state index contributed by atoms with van der Waals surface area (Å²) in [5, 5.41) is 6.59. The lowest BCUT2D eigenvalue weighted by atomic mass is 10.4. The maximum Gasteiger partial charge on any atom is 0.191 e. The van der Waals surface area contributed by atoms with Gasteiger partial charge in [0.15, 0.2) is 5.96 Å². The van der Waals surface area contributed by atoms with Gasteiger partial charge in [-0.05, 0) is 25.7 Å². The van der Waals surface area contributed by atoms with Crippen LogP contribution >= 0.6 is 24.0 Å². The highest BCUT2D eigenvalue weighted by atomic mass is 127. The molecule has 1 unspecified atom stereocenters. The average Bonchev–Trinajstić information content (AvgIpc) is 3.07. The minimum absolute atomic E-state index is 0. The van der Waals surface area contributed by atoms with Gasteiger partial charge in [0.1, 0.15) is 0 Å². The van der Waals surface area contributed by atoms with Gasteiger partial charge < -0.3 is 10.6 Å². The minimum Gasteiger partial charge on any atom is -0.355 e. The van der Waals surface area contributed by atoms with Crippen LogP contribution in [0, 0.1) is 0 Å². The Morgan fingerprint density at radius 2 is 2.12 bits per heavy atom. The summed E-state index contributed by atoms with van der Waals surface area (Å²) in [5.74, 6) is 0.856. The number of rotatable bonds is 4. The predicted octanol–water partition coefficient (Wildman–Crippen LogP) is 0.843. The number of aliphatic imine (C=N–C) groups is 1. The van der Waals surface area contributed by atoms with Crippen molar-refractivity contribution in [3.63, 3.8) is 0 Å². The minimum atomic E-state index is -0.726. The lowest BCUT2D eigenvalue weighted by molar-refractivity contribution is 0.663. The molecule has 0 saturated heterocycles. The van der Waals surface area contributed by atoms with Crippen molar-refractivity contribution in [2.24, 2.45) is 4.99 Å². The Labute approximate surface area is 117 Å². The normalized spacial score (nSPS) is 24.2. The Bertz CT molecular complexity index is 300. The molecule has 94 valence electrons. The molecule has 0 aromatic rings. The first kappa shape index (κ1) is 14.2. The lowest BCUT2D eigenvalue weighted by Crippen LogP contribution is -2.43. The summed E-state index contributed by atoms with van der Waals surface area (Å²) in [6, 6.07) is 0.610. The average molecular weight is 357 g/mol. The molecule has 6 heteroatoms. The molecule has 0 bridgehead atoms. The molecule has 2 aliphatic carbocycles. The van der Waals surface area contributed by atoms with Crippen LogP contribution in [0.25, 0.3) is 0 Å². The molecule has 0 aromatic heterocycles. The summed E-state index contributed by atoms with van der Waals surface area (Å²) in [6.07, 6.45) is 6.43. The molecule has 0 spiro atoms. The van der Waals surface area contributed by atoms with Crippen LogP contribution in [0.1, 0.15) is 25.7 Å². The number of nitrogens with zero attached hydrogens (tertiary/aromatic N) is 1. The third kappa shape index (κ3) is 3.58. The van der Waals surface area contributed by atoms with Crippen molar-refractivity contribution < 1.29 is 4.21 Å². The van der Waals surface area contributed by atoms with E-state index in [2.05, 4.69) is 15.6 Å². The van der Waals surface area contributed by atoms with E-state index in [0.717, 1.165) is 25.3 Å². The third-order valence-corrected chi connectivity index (χ3v) is 4.91. The summed E-state index contributed by atoms with van der Waals surface area (Å²) >= 11 is 0. The van der Waals surface area contributed by atoms with Crippen LogP contribution in [0.2, 0.25) is 0 Å². The topological polar surface area (TPSA) is 53.5 Å². The summed E-state index contributed by atoms with van der Waals surface area (Å²) < 4.78 is 11.5. The monoisotopic (exact) mass is 357 g/mol. The van der Waals surface area contributed by atoms with Gasteiger partial charge in [0.2, 0.25) is 0 Å². The molecule has 2 saturated carbocycles. The first-order valence-corrected chi connectivity index (χ1v) is 7.03. The second kappa shape index (κ2) is 5.66. The Morgan fingerprint density at radius 3 is 2.50 bits per heavy atom. The van der Waals surface area contributed by atoms with Crippen LogP contribution in [0.5, 0.6) is 0 Å². The third-order valence-electron chi connectivity index (χ3n) is 3.14. The van der Waals surface area contributed by atoms with Gasteiger partial charge in [0.05, 0.1) is 4.75 Å². The highest BCUT2D eigenvalue weighted by Crippen LogP contribution is 2.40. The van der Waals surface area contributed by atoms with Gasteiger partial charge in [0, 0.05) is 36.7 Å². The van der Waals surface area contributed by atoms with Crippen molar-refractivity contribution in [3.8, 4) is 0 Å². The van der Waals surface area contributed by atoms with Crippen molar-refractivity contribution in [2.45, 2.75) is 36.5 Å². The molecule has 0 heterocycles. The zero-order valence-corrected chi connectivity index (χ0v) is 12.9. The second-order valence-corrected chi connectivity index (χ2v) is 6.26. The van der Waals surface area contributed by atoms with E-state index in [9.17, 15) is 4.21 Å². The Hall–Kier alpha value is 0.150. The van der Waals surface area contributed by atoms with Gasteiger partial charge >= 0.3 is 0 Å². The van der Waals surface area contributed by atoms with Gasteiger partial charge in [-0.15, -0.1) is 24.0 Å². The van der Waals surface area contributed by atoms with Crippen LogP contribution in [0.4, 0.5) is 0 Å². The van der Waals surface area contributed by atoms with Crippen LogP contribution in [0.3, 0.4) is 0 Å². The first-order valence-electron chi connectivity index (χ1n) is 5.47. The fourth-order valence-electron chi connectivity index (χ4n) is 1.57. The highest BCUT2D eigenvalue weighted by molar-refractivity contribution is 14.0. The van der Waals surface area contributed by atoms with Crippen LogP contribution in [-0.2, 0) is 10.8 Å². The number of halogens is 1. The van der Waals surface area contributed by atoms with Crippen LogP contribution in [0.15, 0.2) is 4.99 Å². The number of hydrogen-bond donors (Lipinski definition) is 2. The zero-order valence-electron chi connectivity index (χ0n) is 9.78. The second-order valence-electron chi connectivity index (χ2n) is 4.48. The van der Waals surface area contributed by atoms with E-state index < -0.39 is 10.8 Å². The van der Waals surface area contributed by atoms with Crippen molar-refractivity contribution in [1.82, 2.24) is 10.6 Å². The number of nitrogens with one attached hydrogen (secondary N) is 2. The van der Waals surface area contributed by atoms with Crippen molar-refractivity contribution >= 4 is 40.7 Å². The van der Waals surface area contributed by atoms with E-state index in [1.807, 2.05) is 0 Å². The molecule has 2 rings (SSSR count). The molecule has 0 radical (unpaired) electrons. The summed E-state index contributed by atoms with van der Waals surface area (Å²) in [5.41, 5.74) is 0. The SMILES string of the molecule is CN=C(NCC1(S(C)=O)CC1)NC1CC1.I. The van der Waals surface area contributed by atoms with Crippen LogP contribution < -0.4 is 10.6 Å². The smallest absolute Gasteiger partial charge is 0.191 e. The fourth-order valence-corrected chi connectivity index (χ4v) is 2.52. The number of guanidine groups is 1. The quantitative estimate of drug-likeness (QED) is 0.446. The zero-order chi connectivity index (χ0) is 10.9. The van der Waals surface area contributed by atoms with Crippen molar-refractivity contribution in [1.29, 1.82) is 0 Å². The molecule has 1 atom stereocenters. The molecule has 2 fully saturated rings. The molecule has 16 heavy (non-hydrogen) atoms. The highest BCUT2D eigenvalue weighted by Gasteiger charge is 2.46. The number of hydrogen-bond acceptors (Lipinski definition) is 2. The largest absolute Gasteiger partial charge is 0.355 e. The summed E-state index contributed by atoms with van der Waals surface area (Å²) in [6.45, 7) is 0.780. The molecule has 4 nitrogen and oxygen atoms in total. The maximum absolute atomic E-state index is 11.5. The van der Waals surface area contributed by atoms with Gasteiger partial charge in [-0.1, -0.05) is 0 Å². The van der Waals surface area contributed by atoms with Gasteiger partial charge in [-0.3, -0.25) is 9.20 Å². The van der Waals surface area contributed by atoms with E-state index in [1.165, 1.54) is 12.8 Å². The summed E-state index contributed by atoms with van der Waals surface area (Å²) in [7, 11) is 1.05. The van der Waals surface area contributed by atoms with Crippen molar-refractivity contribution in [2.75, 3.05) is 19.8 Å². The molecule has 2 aliphatic rings. The standard InChI is InChI=1S/C10H19N3OS.HI/c1-11-9(13-8-3-4-8)12-7-10(5-6-10)15(2)14;/h8H,3-7H2,1-2H3,(H2,11,12,13);1H. The molecule has 0 amide bonds. The van der Waals surface area contributed by atoms with Gasteiger partial charge in [0.25, 0.3) is 0 Å². The Morgan fingerprint density at radius 1 is 1.50 bits per heavy atom.